The number of ether oxygens (including phenoxy) is 1. The number of benzene rings is 2. The SMILES string of the molecule is O=C(O)CCC1CN(S(=O)(=O)c2cccc(C(F)(F)F)c2)c2cc(C=Cc3ccccn3)ccc2O1. The zero-order valence-electron chi connectivity index (χ0n) is 18.7. The first-order valence-electron chi connectivity index (χ1n) is 10.9. The molecule has 1 unspecified atom stereocenters. The Bertz CT molecular complexity index is 1390. The van der Waals surface area contributed by atoms with Crippen LogP contribution in [-0.4, -0.2) is 37.1 Å². The number of carboxylic acids is 1. The second-order valence-electron chi connectivity index (χ2n) is 8.05. The summed E-state index contributed by atoms with van der Waals surface area (Å²) in [5.41, 5.74) is 0.332. The summed E-state index contributed by atoms with van der Waals surface area (Å²) in [5, 5.41) is 9.03. The number of alkyl halides is 3. The maximum atomic E-state index is 13.6. The third-order valence-corrected chi connectivity index (χ3v) is 7.25. The van der Waals surface area contributed by atoms with Gasteiger partial charge in [0.1, 0.15) is 11.9 Å². The second-order valence-corrected chi connectivity index (χ2v) is 9.91. The monoisotopic (exact) mass is 518 g/mol. The van der Waals surface area contributed by atoms with Crippen molar-refractivity contribution in [2.45, 2.75) is 30.0 Å². The number of aromatic nitrogens is 1. The fraction of sp³-hybridized carbons (Fsp3) is 0.200. The summed E-state index contributed by atoms with van der Waals surface area (Å²) in [6.07, 6.45) is -0.694. The standard InChI is InChI=1S/C25H21F3N2O5S/c26-25(27,28)18-4-3-6-21(15-18)36(33,34)30-16-20(10-12-24(31)32)35-23-11-8-17(14-22(23)30)7-9-19-5-1-2-13-29-19/h1-9,11,13-15,20H,10,12,16H2,(H,31,32). The van der Waals surface area contributed by atoms with Crippen LogP contribution in [0, 0.1) is 0 Å². The Morgan fingerprint density at radius 3 is 2.61 bits per heavy atom. The van der Waals surface area contributed by atoms with E-state index in [1.165, 1.54) is 0 Å². The highest BCUT2D eigenvalue weighted by Gasteiger charge is 2.37. The van der Waals surface area contributed by atoms with Crippen molar-refractivity contribution in [3.63, 3.8) is 0 Å². The summed E-state index contributed by atoms with van der Waals surface area (Å²) in [6, 6.07) is 13.7. The summed E-state index contributed by atoms with van der Waals surface area (Å²) in [7, 11) is -4.44. The number of carboxylic acid groups (broad SMARTS) is 1. The number of anilines is 1. The molecule has 1 atom stereocenters. The van der Waals surface area contributed by atoms with Crippen molar-refractivity contribution in [3.8, 4) is 5.75 Å². The van der Waals surface area contributed by atoms with E-state index in [-0.39, 0.29) is 30.8 Å². The van der Waals surface area contributed by atoms with Gasteiger partial charge in [-0.25, -0.2) is 8.42 Å². The summed E-state index contributed by atoms with van der Waals surface area (Å²) in [6.45, 7) is -0.258. The molecule has 2 aromatic carbocycles. The predicted molar refractivity (Wildman–Crippen MR) is 127 cm³/mol. The van der Waals surface area contributed by atoms with Crippen LogP contribution in [-0.2, 0) is 21.0 Å². The summed E-state index contributed by atoms with van der Waals surface area (Å²) in [5.74, 6) is -0.895. The lowest BCUT2D eigenvalue weighted by Crippen LogP contribution is -2.43. The minimum absolute atomic E-state index is 0.0186. The van der Waals surface area contributed by atoms with Crippen molar-refractivity contribution in [3.05, 3.63) is 83.7 Å². The molecule has 0 radical (unpaired) electrons. The van der Waals surface area contributed by atoms with Crippen LogP contribution in [0.2, 0.25) is 0 Å². The van der Waals surface area contributed by atoms with E-state index in [2.05, 4.69) is 4.98 Å². The largest absolute Gasteiger partial charge is 0.486 e. The highest BCUT2D eigenvalue weighted by Crippen LogP contribution is 2.39. The molecular weight excluding hydrogens is 497 g/mol. The quantitative estimate of drug-likeness (QED) is 0.468. The predicted octanol–water partition coefficient (Wildman–Crippen LogP) is 5.09. The molecular formula is C25H21F3N2O5S. The first-order chi connectivity index (χ1) is 17.0. The van der Waals surface area contributed by atoms with Crippen molar-refractivity contribution >= 4 is 33.8 Å². The van der Waals surface area contributed by atoms with Gasteiger partial charge >= 0.3 is 12.1 Å². The van der Waals surface area contributed by atoms with Crippen molar-refractivity contribution < 1.29 is 36.2 Å². The first kappa shape index (κ1) is 25.2. The van der Waals surface area contributed by atoms with Gasteiger partial charge in [-0.15, -0.1) is 0 Å². The van der Waals surface area contributed by atoms with E-state index in [4.69, 9.17) is 9.84 Å². The maximum Gasteiger partial charge on any atom is 0.416 e. The lowest BCUT2D eigenvalue weighted by molar-refractivity contribution is -0.138. The fourth-order valence-corrected chi connectivity index (χ4v) is 5.26. The van der Waals surface area contributed by atoms with E-state index >= 15 is 0 Å². The number of halogens is 3. The van der Waals surface area contributed by atoms with Crippen LogP contribution in [0.3, 0.4) is 0 Å². The molecule has 0 amide bonds. The molecule has 188 valence electrons. The van der Waals surface area contributed by atoms with E-state index in [1.807, 2.05) is 6.07 Å². The van der Waals surface area contributed by atoms with Crippen molar-refractivity contribution in [2.75, 3.05) is 10.8 Å². The van der Waals surface area contributed by atoms with Gasteiger partial charge in [0.2, 0.25) is 0 Å². The number of hydrogen-bond donors (Lipinski definition) is 1. The molecule has 1 aliphatic heterocycles. The Kier molecular flexibility index (Phi) is 7.02. The Balaban J connectivity index is 1.75. The molecule has 0 bridgehead atoms. The number of aliphatic carboxylic acids is 1. The Morgan fingerprint density at radius 1 is 1.11 bits per heavy atom. The van der Waals surface area contributed by atoms with Crippen LogP contribution in [0.1, 0.15) is 29.7 Å². The van der Waals surface area contributed by atoms with Gasteiger partial charge in [0.15, 0.2) is 0 Å². The first-order valence-corrected chi connectivity index (χ1v) is 12.3. The van der Waals surface area contributed by atoms with Crippen LogP contribution in [0.5, 0.6) is 5.75 Å². The number of sulfonamides is 1. The molecule has 2 heterocycles. The second kappa shape index (κ2) is 10.0. The zero-order valence-corrected chi connectivity index (χ0v) is 19.5. The molecule has 1 N–H and O–H groups in total. The number of rotatable bonds is 7. The van der Waals surface area contributed by atoms with E-state index < -0.39 is 38.7 Å². The van der Waals surface area contributed by atoms with Gasteiger partial charge < -0.3 is 9.84 Å². The van der Waals surface area contributed by atoms with E-state index in [9.17, 15) is 26.4 Å². The van der Waals surface area contributed by atoms with Gasteiger partial charge in [-0.1, -0.05) is 24.3 Å². The number of hydrogen-bond acceptors (Lipinski definition) is 5. The third-order valence-electron chi connectivity index (χ3n) is 5.48. The van der Waals surface area contributed by atoms with Gasteiger partial charge in [0.05, 0.1) is 28.4 Å². The minimum atomic E-state index is -4.72. The van der Waals surface area contributed by atoms with Gasteiger partial charge in [-0.2, -0.15) is 13.2 Å². The molecule has 0 fully saturated rings. The Morgan fingerprint density at radius 2 is 1.92 bits per heavy atom. The summed E-state index contributed by atoms with van der Waals surface area (Å²) >= 11 is 0. The average Bonchev–Trinajstić information content (AvgIpc) is 2.85. The molecule has 3 aromatic rings. The average molecular weight is 519 g/mol. The maximum absolute atomic E-state index is 13.6. The minimum Gasteiger partial charge on any atom is -0.486 e. The highest BCUT2D eigenvalue weighted by molar-refractivity contribution is 7.92. The summed E-state index contributed by atoms with van der Waals surface area (Å²) in [4.78, 5) is 14.7. The van der Waals surface area contributed by atoms with Crippen molar-refractivity contribution in [1.82, 2.24) is 4.98 Å². The molecule has 0 saturated heterocycles. The summed E-state index contributed by atoms with van der Waals surface area (Å²) < 4.78 is 73.7. The van der Waals surface area contributed by atoms with E-state index in [0.717, 1.165) is 22.5 Å². The molecule has 0 spiro atoms. The molecule has 0 aliphatic carbocycles. The van der Waals surface area contributed by atoms with Gasteiger partial charge in [0.25, 0.3) is 10.0 Å². The molecule has 1 aromatic heterocycles. The Hall–Kier alpha value is -3.86. The highest BCUT2D eigenvalue weighted by atomic mass is 32.2. The number of fused-ring (bicyclic) bond motifs is 1. The normalized spacial score (nSPS) is 16.0. The smallest absolute Gasteiger partial charge is 0.416 e. The molecule has 11 heteroatoms. The molecule has 1 aliphatic rings. The Labute approximate surface area is 205 Å². The number of carbonyl (C=O) groups is 1. The van der Waals surface area contributed by atoms with Crippen molar-refractivity contribution in [1.29, 1.82) is 0 Å². The molecule has 4 rings (SSSR count). The van der Waals surface area contributed by atoms with Crippen LogP contribution in [0.15, 0.2) is 71.8 Å². The van der Waals surface area contributed by atoms with Gasteiger partial charge in [-0.05, 0) is 60.5 Å². The van der Waals surface area contributed by atoms with Gasteiger partial charge in [-0.3, -0.25) is 14.1 Å². The van der Waals surface area contributed by atoms with Crippen LogP contribution in [0.4, 0.5) is 18.9 Å². The number of pyridine rings is 1. The lowest BCUT2D eigenvalue weighted by atomic mass is 10.1. The van der Waals surface area contributed by atoms with Crippen molar-refractivity contribution in [2.24, 2.45) is 0 Å². The topological polar surface area (TPSA) is 96.8 Å². The van der Waals surface area contributed by atoms with E-state index in [0.29, 0.717) is 17.3 Å². The molecule has 7 nitrogen and oxygen atoms in total. The molecule has 36 heavy (non-hydrogen) atoms. The van der Waals surface area contributed by atoms with Gasteiger partial charge in [0, 0.05) is 12.6 Å². The van der Waals surface area contributed by atoms with Crippen LogP contribution in [0.25, 0.3) is 12.2 Å². The lowest BCUT2D eigenvalue weighted by Gasteiger charge is -2.35. The zero-order chi connectivity index (χ0) is 25.9. The van der Waals surface area contributed by atoms with E-state index in [1.54, 1.807) is 48.7 Å². The van der Waals surface area contributed by atoms with Crippen LogP contribution < -0.4 is 9.04 Å². The fourth-order valence-electron chi connectivity index (χ4n) is 3.71. The third kappa shape index (κ3) is 5.68. The molecule has 0 saturated carbocycles. The van der Waals surface area contributed by atoms with Crippen LogP contribution >= 0.6 is 0 Å². The number of nitrogens with zero attached hydrogens (tertiary/aromatic N) is 2.